The first kappa shape index (κ1) is 14.5. The Balaban J connectivity index is 3.45. The number of allylic oxidation sites excluding steroid dienone is 2. The van der Waals surface area contributed by atoms with Crippen LogP contribution >= 0.6 is 23.2 Å². The van der Waals surface area contributed by atoms with Gasteiger partial charge in [-0.25, -0.2) is 0 Å². The van der Waals surface area contributed by atoms with Crippen molar-refractivity contribution >= 4 is 29.0 Å². The van der Waals surface area contributed by atoms with Crippen LogP contribution in [0.1, 0.15) is 6.42 Å². The van der Waals surface area contributed by atoms with Crippen molar-refractivity contribution in [1.82, 2.24) is 5.32 Å². The van der Waals surface area contributed by atoms with Crippen molar-refractivity contribution in [2.75, 3.05) is 21.3 Å². The molecule has 1 aliphatic rings. The maximum Gasteiger partial charge on any atom is 0.238 e. The molecule has 0 aliphatic heterocycles. The molecule has 1 N–H and O–H groups in total. The van der Waals surface area contributed by atoms with Crippen molar-refractivity contribution in [3.05, 3.63) is 23.4 Å². The molecular formula is C11H15Cl2NO3. The largest absolute Gasteiger partial charge is 0.386 e. The quantitative estimate of drug-likeness (QED) is 0.474. The number of carbonyl (C=O) groups is 1. The molecule has 0 spiro atoms. The number of hydrogen-bond acceptors (Lipinski definition) is 4. The third-order valence-electron chi connectivity index (χ3n) is 2.88. The van der Waals surface area contributed by atoms with Crippen molar-refractivity contribution < 1.29 is 14.3 Å². The molecule has 0 saturated carbocycles. The van der Waals surface area contributed by atoms with Crippen LogP contribution in [-0.4, -0.2) is 37.7 Å². The van der Waals surface area contributed by atoms with Crippen LogP contribution in [0.5, 0.6) is 0 Å². The molecule has 0 aromatic rings. The predicted octanol–water partition coefficient (Wildman–Crippen LogP) is 1.78. The molecule has 1 atom stereocenters. The highest BCUT2D eigenvalue weighted by Gasteiger charge is 2.65. The van der Waals surface area contributed by atoms with E-state index >= 15 is 0 Å². The van der Waals surface area contributed by atoms with Crippen LogP contribution < -0.4 is 5.32 Å². The van der Waals surface area contributed by atoms with E-state index in [0.717, 1.165) is 0 Å². The lowest BCUT2D eigenvalue weighted by atomic mass is 9.94. The number of nitrogens with one attached hydrogen (secondary N) is 1. The molecule has 96 valence electrons. The van der Waals surface area contributed by atoms with Gasteiger partial charge in [-0.05, 0) is 6.42 Å². The Kier molecular flexibility index (Phi) is 4.25. The second-order valence-corrected chi connectivity index (χ2v) is 4.61. The summed E-state index contributed by atoms with van der Waals surface area (Å²) in [6.07, 6.45) is 1.71. The summed E-state index contributed by atoms with van der Waals surface area (Å²) in [5, 5.41) is 2.80. The lowest BCUT2D eigenvalue weighted by Crippen LogP contribution is -2.56. The van der Waals surface area contributed by atoms with E-state index in [0.29, 0.717) is 5.70 Å². The second-order valence-electron chi connectivity index (χ2n) is 3.59. The van der Waals surface area contributed by atoms with Gasteiger partial charge < -0.3 is 14.8 Å². The first-order chi connectivity index (χ1) is 7.95. The molecule has 6 heteroatoms. The van der Waals surface area contributed by atoms with E-state index in [-0.39, 0.29) is 11.5 Å². The Bertz CT molecular complexity index is 377. The van der Waals surface area contributed by atoms with Gasteiger partial charge in [0, 0.05) is 21.3 Å². The van der Waals surface area contributed by atoms with Crippen molar-refractivity contribution in [3.8, 4) is 0 Å². The summed E-state index contributed by atoms with van der Waals surface area (Å²) in [7, 11) is 4.43. The minimum atomic E-state index is -1.44. The summed E-state index contributed by atoms with van der Waals surface area (Å²) >= 11 is 12.4. The molecule has 0 aromatic heterocycles. The van der Waals surface area contributed by atoms with E-state index in [1.54, 1.807) is 7.05 Å². The number of likely N-dealkylation sites (N-methyl/N-ethyl adjacent to an activating group) is 1. The number of carbonyl (C=O) groups excluding carboxylic acids is 1. The Morgan fingerprint density at radius 3 is 2.35 bits per heavy atom. The maximum absolute atomic E-state index is 12.2. The van der Waals surface area contributed by atoms with Crippen LogP contribution in [-0.2, 0) is 14.3 Å². The zero-order valence-corrected chi connectivity index (χ0v) is 11.5. The molecule has 0 radical (unpaired) electrons. The van der Waals surface area contributed by atoms with Crippen molar-refractivity contribution in [2.24, 2.45) is 0 Å². The minimum Gasteiger partial charge on any atom is -0.386 e. The molecule has 0 amide bonds. The van der Waals surface area contributed by atoms with E-state index in [9.17, 15) is 4.79 Å². The van der Waals surface area contributed by atoms with Gasteiger partial charge in [0.25, 0.3) is 0 Å². The van der Waals surface area contributed by atoms with E-state index < -0.39 is 16.4 Å². The molecule has 0 heterocycles. The van der Waals surface area contributed by atoms with Gasteiger partial charge in [-0.15, -0.1) is 18.2 Å². The van der Waals surface area contributed by atoms with Crippen molar-refractivity contribution in [2.45, 2.75) is 17.1 Å². The van der Waals surface area contributed by atoms with Crippen molar-refractivity contribution in [1.29, 1.82) is 0 Å². The van der Waals surface area contributed by atoms with Gasteiger partial charge >= 0.3 is 0 Å². The highest BCUT2D eigenvalue weighted by Crippen LogP contribution is 2.50. The summed E-state index contributed by atoms with van der Waals surface area (Å²) in [6, 6.07) is 0. The Labute approximate surface area is 111 Å². The minimum absolute atomic E-state index is 0.00644. The number of hydrogen-bond donors (Lipinski definition) is 1. The number of alkyl halides is 1. The van der Waals surface area contributed by atoms with Gasteiger partial charge in [0.15, 0.2) is 4.87 Å². The Morgan fingerprint density at radius 2 is 2.00 bits per heavy atom. The normalized spacial score (nSPS) is 27.5. The zero-order chi connectivity index (χ0) is 13.3. The fourth-order valence-corrected chi connectivity index (χ4v) is 2.97. The summed E-state index contributed by atoms with van der Waals surface area (Å²) < 4.78 is 10.7. The fourth-order valence-electron chi connectivity index (χ4n) is 2.09. The van der Waals surface area contributed by atoms with Crippen LogP contribution in [0.25, 0.3) is 0 Å². The van der Waals surface area contributed by atoms with E-state index in [4.69, 9.17) is 32.7 Å². The zero-order valence-electron chi connectivity index (χ0n) is 9.97. The first-order valence-electron chi connectivity index (χ1n) is 4.98. The monoisotopic (exact) mass is 279 g/mol. The molecule has 1 rings (SSSR count). The highest BCUT2D eigenvalue weighted by atomic mass is 35.5. The topological polar surface area (TPSA) is 47.6 Å². The van der Waals surface area contributed by atoms with Gasteiger partial charge in [-0.2, -0.15) is 0 Å². The molecular weight excluding hydrogens is 265 g/mol. The summed E-state index contributed by atoms with van der Waals surface area (Å²) in [4.78, 5) is 10.7. The molecule has 0 saturated heterocycles. The number of halogens is 2. The number of ketones is 1. The fraction of sp³-hybridized carbons (Fsp3) is 0.545. The Morgan fingerprint density at radius 1 is 1.47 bits per heavy atom. The average molecular weight is 280 g/mol. The van der Waals surface area contributed by atoms with Gasteiger partial charge in [0.05, 0.1) is 5.70 Å². The number of methoxy groups -OCH3 is 2. The van der Waals surface area contributed by atoms with E-state index in [2.05, 4.69) is 11.9 Å². The second kappa shape index (κ2) is 4.98. The summed E-state index contributed by atoms with van der Waals surface area (Å²) in [5.41, 5.74) is 0.325. The first-order valence-corrected chi connectivity index (χ1v) is 5.73. The number of ether oxygens (including phenoxy) is 2. The van der Waals surface area contributed by atoms with Gasteiger partial charge in [-0.3, -0.25) is 4.79 Å². The SMILES string of the molecule is C=CC[C@]1(Cl)C(=O)C(Cl)=C(NC)C1(OC)OC. The van der Waals surface area contributed by atoms with Crippen LogP contribution in [0.3, 0.4) is 0 Å². The molecule has 1 aliphatic carbocycles. The van der Waals surface area contributed by atoms with Crippen LogP contribution in [0.4, 0.5) is 0 Å². The lowest BCUT2D eigenvalue weighted by molar-refractivity contribution is -0.198. The van der Waals surface area contributed by atoms with Gasteiger partial charge in [0.2, 0.25) is 11.6 Å². The Hall–Kier alpha value is -0.550. The molecule has 0 fully saturated rings. The third kappa shape index (κ3) is 1.71. The molecule has 4 nitrogen and oxygen atoms in total. The predicted molar refractivity (Wildman–Crippen MR) is 67.1 cm³/mol. The van der Waals surface area contributed by atoms with E-state index in [1.807, 2.05) is 0 Å². The number of Topliss-reactive ketones (excluding diaryl/α,β-unsaturated/α-hetero) is 1. The highest BCUT2D eigenvalue weighted by molar-refractivity contribution is 6.53. The van der Waals surface area contributed by atoms with Crippen LogP contribution in [0.15, 0.2) is 23.4 Å². The molecule has 17 heavy (non-hydrogen) atoms. The van der Waals surface area contributed by atoms with Crippen LogP contribution in [0.2, 0.25) is 0 Å². The lowest BCUT2D eigenvalue weighted by Gasteiger charge is -2.39. The summed E-state index contributed by atoms with van der Waals surface area (Å²) in [5.74, 6) is -1.86. The van der Waals surface area contributed by atoms with Crippen LogP contribution in [0, 0.1) is 0 Å². The standard InChI is InChI=1S/C11H15Cl2NO3/c1-5-6-10(13)9(15)7(12)8(14-2)11(10,16-3)17-4/h5,14H,1,6H2,2-4H3/t10-/m0/s1. The number of rotatable bonds is 5. The summed E-state index contributed by atoms with van der Waals surface area (Å²) in [6.45, 7) is 3.58. The van der Waals surface area contributed by atoms with Crippen molar-refractivity contribution in [3.63, 3.8) is 0 Å². The molecule has 0 bridgehead atoms. The smallest absolute Gasteiger partial charge is 0.238 e. The average Bonchev–Trinajstić information content (AvgIpc) is 2.48. The molecule has 0 aromatic carbocycles. The third-order valence-corrected chi connectivity index (χ3v) is 3.82. The molecule has 0 unspecified atom stereocenters. The van der Waals surface area contributed by atoms with E-state index in [1.165, 1.54) is 20.3 Å². The van der Waals surface area contributed by atoms with Gasteiger partial charge in [0.1, 0.15) is 5.03 Å². The van der Waals surface area contributed by atoms with Gasteiger partial charge in [-0.1, -0.05) is 17.7 Å². The maximum atomic E-state index is 12.2.